The van der Waals surface area contributed by atoms with Crippen LogP contribution >= 0.6 is 11.6 Å². The second kappa shape index (κ2) is 7.09. The summed E-state index contributed by atoms with van der Waals surface area (Å²) in [4.78, 5) is 11.9. The number of hydrogen-bond donors (Lipinski definition) is 2. The first kappa shape index (κ1) is 15.3. The van der Waals surface area contributed by atoms with Gasteiger partial charge in [-0.05, 0) is 36.8 Å². The molecule has 2 aromatic carbocycles. The summed E-state index contributed by atoms with van der Waals surface area (Å²) in [5.74, 6) is -0.479. The normalized spacial score (nSPS) is 10.2. The van der Waals surface area contributed by atoms with Crippen LogP contribution in [0.1, 0.15) is 12.0 Å². The second-order valence-electron chi connectivity index (χ2n) is 4.66. The van der Waals surface area contributed by atoms with E-state index >= 15 is 0 Å². The summed E-state index contributed by atoms with van der Waals surface area (Å²) in [7, 11) is 0. The maximum Gasteiger partial charge on any atom is 0.226 e. The Hall–Kier alpha value is -2.07. The van der Waals surface area contributed by atoms with Crippen LogP contribution in [0.2, 0.25) is 5.02 Å². The van der Waals surface area contributed by atoms with E-state index in [1.165, 1.54) is 6.07 Å². The summed E-state index contributed by atoms with van der Waals surface area (Å²) in [5, 5.41) is 6.26. The van der Waals surface area contributed by atoms with Crippen molar-refractivity contribution in [1.82, 2.24) is 0 Å². The number of anilines is 2. The molecule has 0 aliphatic heterocycles. The number of aryl methyl sites for hydroxylation is 1. The lowest BCUT2D eigenvalue weighted by Crippen LogP contribution is -2.17. The van der Waals surface area contributed by atoms with E-state index in [-0.39, 0.29) is 18.1 Å². The van der Waals surface area contributed by atoms with Gasteiger partial charge in [-0.2, -0.15) is 0 Å². The van der Waals surface area contributed by atoms with Crippen LogP contribution in [0.3, 0.4) is 0 Å². The van der Waals surface area contributed by atoms with Crippen molar-refractivity contribution in [3.8, 4) is 0 Å². The van der Waals surface area contributed by atoms with E-state index in [0.717, 1.165) is 5.56 Å². The third kappa shape index (κ3) is 4.46. The summed E-state index contributed by atoms with van der Waals surface area (Å²) in [5.41, 5.74) is 2.03. The minimum atomic E-state index is -0.330. The molecular formula is C16H16ClFN2O. The van der Waals surface area contributed by atoms with Crippen LogP contribution in [-0.2, 0) is 4.79 Å². The van der Waals surface area contributed by atoms with Gasteiger partial charge in [0, 0.05) is 23.7 Å². The molecule has 0 saturated carbocycles. The lowest BCUT2D eigenvalue weighted by molar-refractivity contribution is -0.115. The molecule has 0 fully saturated rings. The Morgan fingerprint density at radius 2 is 1.95 bits per heavy atom. The number of benzene rings is 2. The average Bonchev–Trinajstić information content (AvgIpc) is 2.45. The maximum absolute atomic E-state index is 13.4. The quantitative estimate of drug-likeness (QED) is 0.868. The van der Waals surface area contributed by atoms with Gasteiger partial charge >= 0.3 is 0 Å². The van der Waals surface area contributed by atoms with Crippen LogP contribution < -0.4 is 10.6 Å². The van der Waals surface area contributed by atoms with Crippen molar-refractivity contribution < 1.29 is 9.18 Å². The smallest absolute Gasteiger partial charge is 0.226 e. The largest absolute Gasteiger partial charge is 0.382 e. The van der Waals surface area contributed by atoms with Gasteiger partial charge in [0.15, 0.2) is 0 Å². The minimum absolute atomic E-state index is 0.149. The van der Waals surface area contributed by atoms with Crippen molar-refractivity contribution in [3.63, 3.8) is 0 Å². The number of hydrogen-bond acceptors (Lipinski definition) is 2. The van der Waals surface area contributed by atoms with E-state index in [9.17, 15) is 9.18 Å². The molecule has 110 valence electrons. The molecule has 0 atom stereocenters. The number of halogens is 2. The van der Waals surface area contributed by atoms with E-state index < -0.39 is 0 Å². The van der Waals surface area contributed by atoms with E-state index in [1.54, 1.807) is 30.3 Å². The van der Waals surface area contributed by atoms with E-state index in [0.29, 0.717) is 22.9 Å². The summed E-state index contributed by atoms with van der Waals surface area (Å²) in [6, 6.07) is 11.7. The van der Waals surface area contributed by atoms with Gasteiger partial charge < -0.3 is 10.6 Å². The summed E-state index contributed by atoms with van der Waals surface area (Å²) in [6.45, 7) is 2.25. The Balaban J connectivity index is 1.85. The van der Waals surface area contributed by atoms with Gasteiger partial charge in [0.1, 0.15) is 5.82 Å². The van der Waals surface area contributed by atoms with Crippen LogP contribution in [0.15, 0.2) is 42.5 Å². The molecule has 0 bridgehead atoms. The standard InChI is InChI=1S/C16H16ClFN2O/c1-11-6-7-12(17)10-15(11)20-16(21)8-9-19-14-5-3-2-4-13(14)18/h2-7,10,19H,8-9H2,1H3,(H,20,21). The highest BCUT2D eigenvalue weighted by molar-refractivity contribution is 6.31. The molecule has 2 rings (SSSR count). The number of nitrogens with one attached hydrogen (secondary N) is 2. The van der Waals surface area contributed by atoms with Gasteiger partial charge in [-0.3, -0.25) is 4.79 Å². The Morgan fingerprint density at radius 1 is 1.19 bits per heavy atom. The molecule has 1 amide bonds. The fourth-order valence-electron chi connectivity index (χ4n) is 1.86. The number of para-hydroxylation sites is 1. The monoisotopic (exact) mass is 306 g/mol. The molecule has 0 spiro atoms. The summed E-state index contributed by atoms with van der Waals surface area (Å²) in [6.07, 6.45) is 0.236. The van der Waals surface area contributed by atoms with Gasteiger partial charge in [-0.1, -0.05) is 29.8 Å². The molecule has 0 radical (unpaired) electrons. The van der Waals surface area contributed by atoms with Crippen LogP contribution in [0.4, 0.5) is 15.8 Å². The fraction of sp³-hybridized carbons (Fsp3) is 0.188. The first-order valence-electron chi connectivity index (χ1n) is 6.60. The molecule has 2 aromatic rings. The third-order valence-electron chi connectivity index (χ3n) is 3.02. The second-order valence-corrected chi connectivity index (χ2v) is 5.10. The molecule has 5 heteroatoms. The molecule has 0 saturated heterocycles. The van der Waals surface area contributed by atoms with Crippen molar-refractivity contribution in [2.45, 2.75) is 13.3 Å². The summed E-state index contributed by atoms with van der Waals surface area (Å²) < 4.78 is 13.4. The van der Waals surface area contributed by atoms with Gasteiger partial charge in [0.05, 0.1) is 5.69 Å². The van der Waals surface area contributed by atoms with Gasteiger partial charge in [0.25, 0.3) is 0 Å². The minimum Gasteiger partial charge on any atom is -0.382 e. The van der Waals surface area contributed by atoms with E-state index in [2.05, 4.69) is 10.6 Å². The van der Waals surface area contributed by atoms with Crippen LogP contribution in [0, 0.1) is 12.7 Å². The number of carbonyl (C=O) groups is 1. The van der Waals surface area contributed by atoms with Crippen molar-refractivity contribution >= 4 is 28.9 Å². The number of rotatable bonds is 5. The Kier molecular flexibility index (Phi) is 5.17. The molecule has 0 unspecified atom stereocenters. The lowest BCUT2D eigenvalue weighted by Gasteiger charge is -2.10. The highest BCUT2D eigenvalue weighted by Crippen LogP contribution is 2.20. The van der Waals surface area contributed by atoms with Crippen LogP contribution in [-0.4, -0.2) is 12.5 Å². The predicted octanol–water partition coefficient (Wildman–Crippen LogP) is 4.23. The third-order valence-corrected chi connectivity index (χ3v) is 3.25. The zero-order chi connectivity index (χ0) is 15.2. The molecule has 0 aromatic heterocycles. The first-order valence-corrected chi connectivity index (χ1v) is 6.98. The van der Waals surface area contributed by atoms with Gasteiger partial charge in [-0.15, -0.1) is 0 Å². The Labute approximate surface area is 128 Å². The predicted molar refractivity (Wildman–Crippen MR) is 84.3 cm³/mol. The molecular weight excluding hydrogens is 291 g/mol. The highest BCUT2D eigenvalue weighted by atomic mass is 35.5. The topological polar surface area (TPSA) is 41.1 Å². The Bertz CT molecular complexity index is 646. The average molecular weight is 307 g/mol. The fourth-order valence-corrected chi connectivity index (χ4v) is 2.03. The molecule has 0 aliphatic rings. The van der Waals surface area contributed by atoms with E-state index in [1.807, 2.05) is 13.0 Å². The van der Waals surface area contributed by atoms with Crippen molar-refractivity contribution in [2.75, 3.05) is 17.2 Å². The zero-order valence-corrected chi connectivity index (χ0v) is 12.4. The highest BCUT2D eigenvalue weighted by Gasteiger charge is 2.06. The van der Waals surface area contributed by atoms with Crippen LogP contribution in [0.25, 0.3) is 0 Å². The van der Waals surface area contributed by atoms with Crippen molar-refractivity contribution in [3.05, 3.63) is 58.9 Å². The number of carbonyl (C=O) groups excluding carboxylic acids is 1. The van der Waals surface area contributed by atoms with Crippen LogP contribution in [0.5, 0.6) is 0 Å². The Morgan fingerprint density at radius 3 is 2.71 bits per heavy atom. The molecule has 3 nitrogen and oxygen atoms in total. The molecule has 2 N–H and O–H groups in total. The summed E-state index contributed by atoms with van der Waals surface area (Å²) >= 11 is 5.90. The molecule has 0 heterocycles. The maximum atomic E-state index is 13.4. The zero-order valence-electron chi connectivity index (χ0n) is 11.6. The van der Waals surface area contributed by atoms with Crippen molar-refractivity contribution in [2.24, 2.45) is 0 Å². The number of amides is 1. The van der Waals surface area contributed by atoms with E-state index in [4.69, 9.17) is 11.6 Å². The van der Waals surface area contributed by atoms with Gasteiger partial charge in [0.2, 0.25) is 5.91 Å². The van der Waals surface area contributed by atoms with Gasteiger partial charge in [-0.25, -0.2) is 4.39 Å². The lowest BCUT2D eigenvalue weighted by atomic mass is 10.2. The molecule has 0 aliphatic carbocycles. The van der Waals surface area contributed by atoms with Crippen molar-refractivity contribution in [1.29, 1.82) is 0 Å². The SMILES string of the molecule is Cc1ccc(Cl)cc1NC(=O)CCNc1ccccc1F. The first-order chi connectivity index (χ1) is 10.1. The molecule has 21 heavy (non-hydrogen) atoms.